The molecular weight excluding hydrogens is 388 g/mol. The third-order valence-corrected chi connectivity index (χ3v) is 6.90. The van der Waals surface area contributed by atoms with Crippen LogP contribution in [-0.4, -0.2) is 78.7 Å². The zero-order valence-corrected chi connectivity index (χ0v) is 17.9. The highest BCUT2D eigenvalue weighted by atomic mass is 32.1. The normalized spacial score (nSPS) is 19.0. The summed E-state index contributed by atoms with van der Waals surface area (Å²) in [5.74, 6) is 0.217. The zero-order valence-electron chi connectivity index (χ0n) is 17.1. The molecule has 2 fully saturated rings. The summed E-state index contributed by atoms with van der Waals surface area (Å²) in [6, 6.07) is 4.09. The highest BCUT2D eigenvalue weighted by Gasteiger charge is 2.29. The fourth-order valence-electron chi connectivity index (χ4n) is 4.31. The first-order chi connectivity index (χ1) is 14.2. The van der Waals surface area contributed by atoms with Crippen LogP contribution in [0.15, 0.2) is 17.5 Å². The van der Waals surface area contributed by atoms with Gasteiger partial charge in [0.05, 0.1) is 23.4 Å². The van der Waals surface area contributed by atoms with Crippen molar-refractivity contribution in [3.63, 3.8) is 0 Å². The number of thiophene rings is 1. The number of piperidine rings is 1. The van der Waals surface area contributed by atoms with Gasteiger partial charge in [-0.25, -0.2) is 0 Å². The molecule has 0 aromatic carbocycles. The van der Waals surface area contributed by atoms with E-state index >= 15 is 0 Å². The van der Waals surface area contributed by atoms with E-state index in [1.54, 1.807) is 11.3 Å². The third-order valence-electron chi connectivity index (χ3n) is 6.04. The first-order valence-corrected chi connectivity index (χ1v) is 11.5. The molecule has 8 heteroatoms. The van der Waals surface area contributed by atoms with E-state index in [0.717, 1.165) is 68.1 Å². The van der Waals surface area contributed by atoms with Gasteiger partial charge in [-0.15, -0.1) is 11.3 Å². The van der Waals surface area contributed by atoms with Gasteiger partial charge in [0.1, 0.15) is 5.69 Å². The monoisotopic (exact) mass is 418 g/mol. The van der Waals surface area contributed by atoms with Gasteiger partial charge in [0.15, 0.2) is 0 Å². The Hall–Kier alpha value is -1.90. The van der Waals surface area contributed by atoms with Crippen molar-refractivity contribution in [1.82, 2.24) is 19.7 Å². The van der Waals surface area contributed by atoms with Crippen LogP contribution >= 0.6 is 11.3 Å². The summed E-state index contributed by atoms with van der Waals surface area (Å²) < 4.78 is 8.60. The Kier molecular flexibility index (Phi) is 6.52. The Morgan fingerprint density at radius 2 is 1.97 bits per heavy atom. The van der Waals surface area contributed by atoms with E-state index in [2.05, 4.69) is 33.2 Å². The van der Waals surface area contributed by atoms with E-state index in [9.17, 15) is 9.59 Å². The number of aromatic nitrogens is 1. The SMILES string of the molecule is CCn1c(C(=O)N2CCC(C(=O)NCCN3CCOCC3)CC2)cc2sccc21. The lowest BCUT2D eigenvalue weighted by atomic mass is 9.95. The van der Waals surface area contributed by atoms with Gasteiger partial charge in [0, 0.05) is 51.7 Å². The topological polar surface area (TPSA) is 66.8 Å². The minimum absolute atomic E-state index is 0.00481. The van der Waals surface area contributed by atoms with Gasteiger partial charge in [-0.3, -0.25) is 14.5 Å². The van der Waals surface area contributed by atoms with Gasteiger partial charge in [-0.05, 0) is 37.3 Å². The summed E-state index contributed by atoms with van der Waals surface area (Å²) in [6.45, 7) is 9.12. The molecule has 29 heavy (non-hydrogen) atoms. The van der Waals surface area contributed by atoms with Crippen molar-refractivity contribution in [3.05, 3.63) is 23.2 Å². The molecule has 0 unspecified atom stereocenters. The number of hydrogen-bond donors (Lipinski definition) is 1. The van der Waals surface area contributed by atoms with Crippen LogP contribution in [0, 0.1) is 5.92 Å². The lowest BCUT2D eigenvalue weighted by Crippen LogP contribution is -2.45. The van der Waals surface area contributed by atoms with Crippen molar-refractivity contribution in [1.29, 1.82) is 0 Å². The third kappa shape index (κ3) is 4.49. The summed E-state index contributed by atoms with van der Waals surface area (Å²) in [7, 11) is 0. The van der Waals surface area contributed by atoms with E-state index in [-0.39, 0.29) is 17.7 Å². The molecule has 2 aromatic rings. The molecule has 0 aliphatic carbocycles. The Labute approximate surface area is 175 Å². The molecule has 7 nitrogen and oxygen atoms in total. The van der Waals surface area contributed by atoms with Crippen LogP contribution in [0.1, 0.15) is 30.3 Å². The molecule has 2 saturated heterocycles. The maximum Gasteiger partial charge on any atom is 0.270 e. The first-order valence-electron chi connectivity index (χ1n) is 10.6. The van der Waals surface area contributed by atoms with Crippen molar-refractivity contribution in [2.45, 2.75) is 26.3 Å². The van der Waals surface area contributed by atoms with Crippen molar-refractivity contribution >= 4 is 33.4 Å². The molecule has 1 N–H and O–H groups in total. The Balaban J connectivity index is 1.26. The highest BCUT2D eigenvalue weighted by Crippen LogP contribution is 2.27. The van der Waals surface area contributed by atoms with E-state index in [1.807, 2.05) is 11.0 Å². The van der Waals surface area contributed by atoms with Crippen LogP contribution < -0.4 is 5.32 Å². The van der Waals surface area contributed by atoms with Gasteiger partial charge in [-0.1, -0.05) is 0 Å². The van der Waals surface area contributed by atoms with Crippen LogP contribution in [0.2, 0.25) is 0 Å². The van der Waals surface area contributed by atoms with Crippen LogP contribution in [0.5, 0.6) is 0 Å². The van der Waals surface area contributed by atoms with Crippen LogP contribution in [0.25, 0.3) is 10.2 Å². The predicted octanol–water partition coefficient (Wildman–Crippen LogP) is 2.02. The number of fused-ring (bicyclic) bond motifs is 1. The zero-order chi connectivity index (χ0) is 20.2. The number of hydrogen-bond acceptors (Lipinski definition) is 5. The second-order valence-electron chi connectivity index (χ2n) is 7.76. The van der Waals surface area contributed by atoms with Gasteiger partial charge < -0.3 is 19.5 Å². The average Bonchev–Trinajstić information content (AvgIpc) is 3.35. The number of carbonyl (C=O) groups excluding carboxylic acids is 2. The number of aryl methyl sites for hydroxylation is 1. The van der Waals surface area contributed by atoms with Crippen molar-refractivity contribution in [3.8, 4) is 0 Å². The second-order valence-corrected chi connectivity index (χ2v) is 8.70. The fourth-order valence-corrected chi connectivity index (χ4v) is 5.13. The minimum Gasteiger partial charge on any atom is -0.379 e. The van der Waals surface area contributed by atoms with E-state index in [0.29, 0.717) is 19.6 Å². The molecule has 2 aliphatic heterocycles. The molecule has 0 radical (unpaired) electrons. The van der Waals surface area contributed by atoms with E-state index < -0.39 is 0 Å². The molecule has 2 aliphatic rings. The smallest absolute Gasteiger partial charge is 0.270 e. The Morgan fingerprint density at radius 3 is 2.69 bits per heavy atom. The number of rotatable bonds is 6. The number of nitrogens with zero attached hydrogens (tertiary/aromatic N) is 3. The van der Waals surface area contributed by atoms with Gasteiger partial charge in [0.2, 0.25) is 5.91 Å². The Morgan fingerprint density at radius 1 is 1.21 bits per heavy atom. The van der Waals surface area contributed by atoms with Crippen LogP contribution in [0.4, 0.5) is 0 Å². The molecule has 4 rings (SSSR count). The predicted molar refractivity (Wildman–Crippen MR) is 114 cm³/mol. The first kappa shape index (κ1) is 20.4. The lowest BCUT2D eigenvalue weighted by Gasteiger charge is -2.32. The number of nitrogens with one attached hydrogen (secondary N) is 1. The molecule has 0 spiro atoms. The second kappa shape index (κ2) is 9.28. The maximum atomic E-state index is 13.1. The quantitative estimate of drug-likeness (QED) is 0.780. The summed E-state index contributed by atoms with van der Waals surface area (Å²) in [5.41, 5.74) is 1.90. The number of morpholine rings is 1. The molecule has 2 aromatic heterocycles. The van der Waals surface area contributed by atoms with Crippen molar-refractivity contribution < 1.29 is 14.3 Å². The summed E-state index contributed by atoms with van der Waals surface area (Å²) in [5, 5.41) is 5.14. The standard InChI is InChI=1S/C21H30N4O3S/c1-2-25-17-5-14-29-19(17)15-18(25)21(27)24-7-3-16(4-8-24)20(26)22-6-9-23-10-12-28-13-11-23/h5,14-16H,2-4,6-13H2,1H3,(H,22,26). The minimum atomic E-state index is 0.00481. The molecule has 0 bridgehead atoms. The number of likely N-dealkylation sites (tertiary alicyclic amines) is 1. The number of amides is 2. The maximum absolute atomic E-state index is 13.1. The van der Waals surface area contributed by atoms with Crippen molar-refractivity contribution in [2.24, 2.45) is 5.92 Å². The molecule has 0 atom stereocenters. The average molecular weight is 419 g/mol. The largest absolute Gasteiger partial charge is 0.379 e. The van der Waals surface area contributed by atoms with E-state index in [1.165, 1.54) is 0 Å². The fraction of sp³-hybridized carbons (Fsp3) is 0.619. The van der Waals surface area contributed by atoms with Crippen LogP contribution in [0.3, 0.4) is 0 Å². The summed E-state index contributed by atoms with van der Waals surface area (Å²) in [6.07, 6.45) is 1.46. The van der Waals surface area contributed by atoms with Crippen LogP contribution in [-0.2, 0) is 16.1 Å². The lowest BCUT2D eigenvalue weighted by molar-refractivity contribution is -0.126. The summed E-state index contributed by atoms with van der Waals surface area (Å²) in [4.78, 5) is 29.8. The molecule has 2 amide bonds. The van der Waals surface area contributed by atoms with Crippen molar-refractivity contribution in [2.75, 3.05) is 52.5 Å². The van der Waals surface area contributed by atoms with Gasteiger partial charge >= 0.3 is 0 Å². The highest BCUT2D eigenvalue weighted by molar-refractivity contribution is 7.17. The molecular formula is C21H30N4O3S. The molecule has 0 saturated carbocycles. The van der Waals surface area contributed by atoms with Gasteiger partial charge in [0.25, 0.3) is 5.91 Å². The summed E-state index contributed by atoms with van der Waals surface area (Å²) >= 11 is 1.67. The number of carbonyl (C=O) groups is 2. The van der Waals surface area contributed by atoms with E-state index in [4.69, 9.17) is 4.74 Å². The van der Waals surface area contributed by atoms with Gasteiger partial charge in [-0.2, -0.15) is 0 Å². The molecule has 158 valence electrons. The number of ether oxygens (including phenoxy) is 1. The Bertz CT molecular complexity index is 847. The molecule has 4 heterocycles.